The van der Waals surface area contributed by atoms with Gasteiger partial charge in [0.05, 0.1) is 5.52 Å². The maximum Gasteiger partial charge on any atom is 0.150 e. The van der Waals surface area contributed by atoms with E-state index in [0.29, 0.717) is 11.1 Å². The molecular formula is C41H29FN4OSi. The smallest absolute Gasteiger partial charge is 0.150 e. The fourth-order valence-electron chi connectivity index (χ4n) is 7.79. The molecule has 0 aliphatic carbocycles. The number of benzene rings is 5. The summed E-state index contributed by atoms with van der Waals surface area (Å²) in [5.41, 5.74) is 6.78. The molecule has 7 heteroatoms. The first-order chi connectivity index (χ1) is 23.5. The second-order valence-electron chi connectivity index (χ2n) is 13.2. The fourth-order valence-corrected chi connectivity index (χ4v) is 10.6. The molecule has 9 aromatic rings. The molecule has 10 rings (SSSR count). The third-order valence-electron chi connectivity index (χ3n) is 10.2. The summed E-state index contributed by atoms with van der Waals surface area (Å²) in [6, 6.07) is 38.9. The molecule has 230 valence electrons. The van der Waals surface area contributed by atoms with Crippen molar-refractivity contribution in [3.8, 4) is 0 Å². The van der Waals surface area contributed by atoms with Crippen LogP contribution in [0.15, 0.2) is 138 Å². The molecule has 0 N–H and O–H groups in total. The number of hydrogen-bond acceptors (Lipinski definition) is 4. The van der Waals surface area contributed by atoms with E-state index in [1.165, 1.54) is 10.4 Å². The normalized spacial score (nSPS) is 14.6. The summed E-state index contributed by atoms with van der Waals surface area (Å²) < 4.78 is 25.2. The number of imidazole rings is 1. The van der Waals surface area contributed by atoms with Crippen LogP contribution >= 0.6 is 0 Å². The molecule has 0 saturated carbocycles. The van der Waals surface area contributed by atoms with Crippen LogP contribution in [0.5, 0.6) is 0 Å². The van der Waals surface area contributed by atoms with E-state index in [2.05, 4.69) is 69.8 Å². The summed E-state index contributed by atoms with van der Waals surface area (Å²) in [6.45, 7) is 4.73. The van der Waals surface area contributed by atoms with Crippen LogP contribution in [0.25, 0.3) is 49.3 Å². The van der Waals surface area contributed by atoms with Crippen LogP contribution in [0.2, 0.25) is 13.1 Å². The van der Waals surface area contributed by atoms with Crippen molar-refractivity contribution in [2.24, 2.45) is 0 Å². The Morgan fingerprint density at radius 2 is 1.48 bits per heavy atom. The summed E-state index contributed by atoms with van der Waals surface area (Å²) in [5, 5.41) is 7.75. The van der Waals surface area contributed by atoms with E-state index < -0.39 is 14.2 Å². The van der Waals surface area contributed by atoms with Gasteiger partial charge < -0.3 is 4.42 Å². The number of para-hydroxylation sites is 2. The van der Waals surface area contributed by atoms with E-state index in [9.17, 15) is 0 Å². The molecule has 0 amide bonds. The molecule has 0 bridgehead atoms. The Kier molecular flexibility index (Phi) is 5.61. The van der Waals surface area contributed by atoms with Gasteiger partial charge in [-0.1, -0.05) is 79.8 Å². The number of aromatic nitrogens is 3. The van der Waals surface area contributed by atoms with E-state index in [-0.39, 0.29) is 0 Å². The number of nitrogens with zero attached hydrogens (tertiary/aromatic N) is 4. The number of pyridine rings is 2. The van der Waals surface area contributed by atoms with E-state index in [4.69, 9.17) is 9.40 Å². The molecular weight excluding hydrogens is 612 g/mol. The van der Waals surface area contributed by atoms with Crippen LogP contribution < -0.4 is 15.3 Å². The largest absolute Gasteiger partial charge is 0.456 e. The Labute approximate surface area is 276 Å². The Morgan fingerprint density at radius 3 is 2.40 bits per heavy atom. The Hall–Kier alpha value is -5.79. The molecule has 0 spiro atoms. The Balaban J connectivity index is 1.14. The molecule has 5 heterocycles. The monoisotopic (exact) mass is 640 g/mol. The lowest BCUT2D eigenvalue weighted by atomic mass is 9.97. The van der Waals surface area contributed by atoms with Crippen LogP contribution in [0, 0.1) is 0 Å². The van der Waals surface area contributed by atoms with Crippen molar-refractivity contribution in [3.63, 3.8) is 0 Å². The zero-order valence-corrected chi connectivity index (χ0v) is 27.4. The Morgan fingerprint density at radius 1 is 0.646 bits per heavy atom. The second-order valence-corrected chi connectivity index (χ2v) is 17.5. The van der Waals surface area contributed by atoms with Gasteiger partial charge >= 0.3 is 0 Å². The molecule has 1 aliphatic rings. The number of hydrogen-bond donors (Lipinski definition) is 0. The molecule has 0 radical (unpaired) electrons. The third-order valence-corrected chi connectivity index (χ3v) is 13.7. The highest BCUT2D eigenvalue weighted by Crippen LogP contribution is 2.42. The molecule has 5 nitrogen and oxygen atoms in total. The number of rotatable bonds is 3. The third kappa shape index (κ3) is 3.76. The first-order valence-corrected chi connectivity index (χ1v) is 19.2. The lowest BCUT2D eigenvalue weighted by molar-refractivity contribution is 0.402. The van der Waals surface area contributed by atoms with Crippen LogP contribution in [0.4, 0.5) is 21.6 Å². The fraction of sp³-hybridized carbons (Fsp3) is 0.0732. The molecule has 0 saturated heterocycles. The number of anilines is 3. The maximum absolute atomic E-state index is 16.8. The summed E-state index contributed by atoms with van der Waals surface area (Å²) in [6.07, 6.45) is 4.28. The number of halogens is 1. The number of fused-ring (bicyclic) bond motifs is 11. The zero-order valence-electron chi connectivity index (χ0n) is 26.4. The van der Waals surface area contributed by atoms with Gasteiger partial charge in [-0.25, -0.2) is 14.4 Å². The van der Waals surface area contributed by atoms with Gasteiger partial charge in [0, 0.05) is 51.5 Å². The highest BCUT2D eigenvalue weighted by atomic mass is 28.3. The zero-order chi connectivity index (χ0) is 32.1. The van der Waals surface area contributed by atoms with E-state index in [0.717, 1.165) is 66.5 Å². The quantitative estimate of drug-likeness (QED) is 0.143. The van der Waals surface area contributed by atoms with Crippen molar-refractivity contribution >= 4 is 84.9 Å². The Bertz CT molecular complexity index is 2760. The van der Waals surface area contributed by atoms with Crippen LogP contribution in [0.3, 0.4) is 0 Å². The van der Waals surface area contributed by atoms with E-state index in [1.54, 1.807) is 6.20 Å². The van der Waals surface area contributed by atoms with Gasteiger partial charge in [-0.15, -0.1) is 0 Å². The van der Waals surface area contributed by atoms with Gasteiger partial charge in [-0.3, -0.25) is 9.30 Å². The second kappa shape index (κ2) is 9.86. The molecule has 4 aromatic heterocycles. The lowest BCUT2D eigenvalue weighted by Crippen LogP contribution is -2.58. The standard InChI is InChI=1S/C41H29FN4OSi/c1-48(2)37-15-8-18-43-41(37)46(34-23-31-30-12-4-6-14-35(30)47-36(31)24-38(34)48)27-10-7-9-25(21-27)39(42)26-16-17-28-29-11-3-5-13-33(29)45-20-19-44-40(45)32(28)22-26/h3-24,39H,1-2H3. The summed E-state index contributed by atoms with van der Waals surface area (Å²) in [7, 11) is -2.17. The van der Waals surface area contributed by atoms with Crippen LogP contribution in [-0.4, -0.2) is 22.4 Å². The number of furan rings is 1. The number of alkyl halides is 1. The molecule has 48 heavy (non-hydrogen) atoms. The van der Waals surface area contributed by atoms with Crippen molar-refractivity contribution < 1.29 is 8.81 Å². The average molecular weight is 641 g/mol. The molecule has 0 fully saturated rings. The van der Waals surface area contributed by atoms with Crippen LogP contribution in [-0.2, 0) is 0 Å². The minimum Gasteiger partial charge on any atom is -0.456 e. The first kappa shape index (κ1) is 27.3. The summed E-state index contributed by atoms with van der Waals surface area (Å²) in [4.78, 5) is 11.8. The van der Waals surface area contributed by atoms with Gasteiger partial charge in [0.1, 0.15) is 30.7 Å². The van der Waals surface area contributed by atoms with Crippen molar-refractivity contribution in [2.45, 2.75) is 19.3 Å². The van der Waals surface area contributed by atoms with Crippen molar-refractivity contribution in [1.29, 1.82) is 0 Å². The highest BCUT2D eigenvalue weighted by Gasteiger charge is 2.40. The average Bonchev–Trinajstić information content (AvgIpc) is 3.77. The minimum atomic E-state index is -2.17. The predicted molar refractivity (Wildman–Crippen MR) is 196 cm³/mol. The minimum absolute atomic E-state index is 0.586. The highest BCUT2D eigenvalue weighted by molar-refractivity contribution is 7.02. The van der Waals surface area contributed by atoms with Crippen molar-refractivity contribution in [2.75, 3.05) is 4.90 Å². The summed E-state index contributed by atoms with van der Waals surface area (Å²) in [5.74, 6) is 0.903. The van der Waals surface area contributed by atoms with Crippen molar-refractivity contribution in [1.82, 2.24) is 14.4 Å². The summed E-state index contributed by atoms with van der Waals surface area (Å²) >= 11 is 0. The van der Waals surface area contributed by atoms with Crippen molar-refractivity contribution in [3.05, 3.63) is 145 Å². The molecule has 1 atom stereocenters. The van der Waals surface area contributed by atoms with Gasteiger partial charge in [0.25, 0.3) is 0 Å². The van der Waals surface area contributed by atoms with Gasteiger partial charge in [-0.2, -0.15) is 0 Å². The first-order valence-electron chi connectivity index (χ1n) is 16.2. The lowest BCUT2D eigenvalue weighted by Gasteiger charge is -2.40. The van der Waals surface area contributed by atoms with Gasteiger partial charge in [0.15, 0.2) is 6.17 Å². The van der Waals surface area contributed by atoms with E-state index in [1.807, 2.05) is 85.2 Å². The molecule has 1 aliphatic heterocycles. The topological polar surface area (TPSA) is 46.6 Å². The SMILES string of the molecule is C[Si]1(C)c2cc3oc4ccccc4c3cc2N(c2cccc(C(F)c3ccc4c5ccccc5n5ccnc5c4c3)c2)c2ncccc21. The maximum atomic E-state index is 16.8. The predicted octanol–water partition coefficient (Wildman–Crippen LogP) is 9.60. The molecule has 1 unspecified atom stereocenters. The van der Waals surface area contributed by atoms with Gasteiger partial charge in [-0.05, 0) is 75.4 Å². The van der Waals surface area contributed by atoms with Gasteiger partial charge in [0.2, 0.25) is 0 Å². The van der Waals surface area contributed by atoms with E-state index >= 15 is 4.39 Å². The molecule has 5 aromatic carbocycles. The van der Waals surface area contributed by atoms with Crippen LogP contribution in [0.1, 0.15) is 17.3 Å².